The van der Waals surface area contributed by atoms with E-state index in [1.54, 1.807) is 0 Å². The Morgan fingerprint density at radius 1 is 1.17 bits per heavy atom. The second kappa shape index (κ2) is 6.01. The van der Waals surface area contributed by atoms with Crippen LogP contribution in [0, 0.1) is 11.6 Å². The van der Waals surface area contributed by atoms with Gasteiger partial charge in [-0.2, -0.15) is 0 Å². The van der Waals surface area contributed by atoms with Gasteiger partial charge in [0, 0.05) is 30.1 Å². The molecule has 0 aliphatic rings. The fourth-order valence-corrected chi connectivity index (χ4v) is 2.76. The van der Waals surface area contributed by atoms with Crippen molar-refractivity contribution in [1.82, 2.24) is 4.57 Å². The molecule has 1 aromatic heterocycles. The van der Waals surface area contributed by atoms with Crippen molar-refractivity contribution in [2.24, 2.45) is 12.8 Å². The first kappa shape index (κ1) is 15.5. The van der Waals surface area contributed by atoms with Crippen LogP contribution in [0.2, 0.25) is 0 Å². The molecule has 5 heteroatoms. The topological polar surface area (TPSA) is 40.2 Å². The largest absolute Gasteiger partial charge is 0.437 e. The van der Waals surface area contributed by atoms with Gasteiger partial charge < -0.3 is 15.0 Å². The van der Waals surface area contributed by atoms with Crippen molar-refractivity contribution in [3.63, 3.8) is 0 Å². The van der Waals surface area contributed by atoms with Gasteiger partial charge in [-0.15, -0.1) is 0 Å². The van der Waals surface area contributed by atoms with Crippen LogP contribution in [-0.4, -0.2) is 10.6 Å². The molecule has 2 aromatic carbocycles. The number of nitrogens with two attached hydrogens (primary N) is 1. The summed E-state index contributed by atoms with van der Waals surface area (Å²) in [5, 5.41) is 1.02. The summed E-state index contributed by atoms with van der Waals surface area (Å²) >= 11 is 0. The number of aryl methyl sites for hydroxylation is 1. The van der Waals surface area contributed by atoms with E-state index in [1.165, 1.54) is 12.1 Å². The highest BCUT2D eigenvalue weighted by molar-refractivity contribution is 5.87. The van der Waals surface area contributed by atoms with Gasteiger partial charge in [0.25, 0.3) is 0 Å². The van der Waals surface area contributed by atoms with Gasteiger partial charge in [0.1, 0.15) is 5.82 Å². The highest BCUT2D eigenvalue weighted by atomic mass is 19.1. The molecule has 1 atom stereocenters. The molecule has 0 spiro atoms. The summed E-state index contributed by atoms with van der Waals surface area (Å²) in [6.45, 7) is 1.91. The fourth-order valence-electron chi connectivity index (χ4n) is 2.76. The molecule has 0 fully saturated rings. The van der Waals surface area contributed by atoms with E-state index in [0.29, 0.717) is 12.3 Å². The smallest absolute Gasteiger partial charge is 0.204 e. The van der Waals surface area contributed by atoms with E-state index in [0.717, 1.165) is 22.5 Å². The quantitative estimate of drug-likeness (QED) is 0.786. The van der Waals surface area contributed by atoms with E-state index in [4.69, 9.17) is 10.5 Å². The third-order valence-electron chi connectivity index (χ3n) is 3.78. The van der Waals surface area contributed by atoms with Crippen molar-refractivity contribution >= 4 is 10.9 Å². The number of hydrogen-bond acceptors (Lipinski definition) is 2. The fraction of sp³-hybridized carbons (Fsp3) is 0.222. The van der Waals surface area contributed by atoms with Crippen LogP contribution in [0.1, 0.15) is 12.5 Å². The SMILES string of the molecule is CC(N)Cc1c(Oc2ccc(F)cc2F)n(C)c2ccccc12. The second-order valence-electron chi connectivity index (χ2n) is 5.72. The molecule has 3 rings (SSSR count). The summed E-state index contributed by atoms with van der Waals surface area (Å²) in [6.07, 6.45) is 0.597. The van der Waals surface area contributed by atoms with Crippen LogP contribution in [0.4, 0.5) is 8.78 Å². The molecule has 0 saturated carbocycles. The number of benzene rings is 2. The normalized spacial score (nSPS) is 12.6. The van der Waals surface area contributed by atoms with Gasteiger partial charge in [-0.3, -0.25) is 0 Å². The summed E-state index contributed by atoms with van der Waals surface area (Å²) in [6, 6.07) is 11.0. The number of hydrogen-bond donors (Lipinski definition) is 1. The van der Waals surface area contributed by atoms with Crippen LogP contribution >= 0.6 is 0 Å². The van der Waals surface area contributed by atoms with Crippen molar-refractivity contribution in [3.05, 3.63) is 59.7 Å². The zero-order chi connectivity index (χ0) is 16.6. The van der Waals surface area contributed by atoms with E-state index in [9.17, 15) is 8.78 Å². The molecule has 23 heavy (non-hydrogen) atoms. The second-order valence-corrected chi connectivity index (χ2v) is 5.72. The lowest BCUT2D eigenvalue weighted by molar-refractivity contribution is 0.406. The Morgan fingerprint density at radius 3 is 2.61 bits per heavy atom. The predicted molar refractivity (Wildman–Crippen MR) is 86.7 cm³/mol. The van der Waals surface area contributed by atoms with E-state index in [-0.39, 0.29) is 11.8 Å². The van der Waals surface area contributed by atoms with E-state index in [2.05, 4.69) is 0 Å². The van der Waals surface area contributed by atoms with Gasteiger partial charge in [0.05, 0.1) is 5.52 Å². The standard InChI is InChI=1S/C18H18F2N2O/c1-11(21)9-14-13-5-3-4-6-16(13)22(2)18(14)23-17-8-7-12(19)10-15(17)20/h3-8,10-11H,9,21H2,1-2H3. The molecule has 0 amide bonds. The lowest BCUT2D eigenvalue weighted by Gasteiger charge is -2.12. The lowest BCUT2D eigenvalue weighted by atomic mass is 10.1. The summed E-state index contributed by atoms with van der Waals surface area (Å²) < 4.78 is 34.6. The van der Waals surface area contributed by atoms with Gasteiger partial charge in [-0.25, -0.2) is 8.78 Å². The maximum Gasteiger partial charge on any atom is 0.204 e. The van der Waals surface area contributed by atoms with Crippen molar-refractivity contribution in [2.45, 2.75) is 19.4 Å². The van der Waals surface area contributed by atoms with Gasteiger partial charge in [0.2, 0.25) is 5.88 Å². The van der Waals surface area contributed by atoms with E-state index >= 15 is 0 Å². The molecule has 120 valence electrons. The number of aromatic nitrogens is 1. The monoisotopic (exact) mass is 316 g/mol. The first-order chi connectivity index (χ1) is 11.0. The van der Waals surface area contributed by atoms with Crippen LogP contribution in [0.15, 0.2) is 42.5 Å². The average Bonchev–Trinajstić information content (AvgIpc) is 2.75. The molecule has 1 heterocycles. The van der Waals surface area contributed by atoms with Crippen molar-refractivity contribution in [2.75, 3.05) is 0 Å². The van der Waals surface area contributed by atoms with E-state index in [1.807, 2.05) is 42.8 Å². The molecule has 0 bridgehead atoms. The number of fused-ring (bicyclic) bond motifs is 1. The first-order valence-electron chi connectivity index (χ1n) is 7.42. The number of nitrogens with zero attached hydrogens (tertiary/aromatic N) is 1. The minimum atomic E-state index is -0.734. The molecule has 0 aliphatic carbocycles. The van der Waals surface area contributed by atoms with Crippen molar-refractivity contribution in [1.29, 1.82) is 0 Å². The molecule has 3 aromatic rings. The van der Waals surface area contributed by atoms with Gasteiger partial charge in [0.15, 0.2) is 11.6 Å². The van der Waals surface area contributed by atoms with Crippen LogP contribution < -0.4 is 10.5 Å². The zero-order valence-corrected chi connectivity index (χ0v) is 13.0. The van der Waals surface area contributed by atoms with Gasteiger partial charge >= 0.3 is 0 Å². The van der Waals surface area contributed by atoms with Gasteiger partial charge in [-0.05, 0) is 31.5 Å². The third-order valence-corrected chi connectivity index (χ3v) is 3.78. The lowest BCUT2D eigenvalue weighted by Crippen LogP contribution is -2.18. The summed E-state index contributed by atoms with van der Waals surface area (Å²) in [5.74, 6) is -0.859. The number of para-hydroxylation sites is 1. The van der Waals surface area contributed by atoms with E-state index < -0.39 is 11.6 Å². The van der Waals surface area contributed by atoms with Crippen LogP contribution in [0.3, 0.4) is 0 Å². The maximum atomic E-state index is 13.9. The number of ether oxygens (including phenoxy) is 1. The Bertz CT molecular complexity index is 856. The Balaban J connectivity index is 2.13. The van der Waals surface area contributed by atoms with Gasteiger partial charge in [-0.1, -0.05) is 18.2 Å². The Hall–Kier alpha value is -2.40. The Labute approximate surface area is 133 Å². The molecule has 1 unspecified atom stereocenters. The first-order valence-corrected chi connectivity index (χ1v) is 7.42. The number of halogens is 2. The molecule has 0 aliphatic heterocycles. The summed E-state index contributed by atoms with van der Waals surface area (Å²) in [7, 11) is 1.85. The zero-order valence-electron chi connectivity index (χ0n) is 13.0. The predicted octanol–water partition coefficient (Wildman–Crippen LogP) is 4.14. The molecule has 0 saturated heterocycles. The van der Waals surface area contributed by atoms with Crippen molar-refractivity contribution < 1.29 is 13.5 Å². The third kappa shape index (κ3) is 2.92. The highest BCUT2D eigenvalue weighted by Gasteiger charge is 2.19. The minimum absolute atomic E-state index is 0.0109. The molecule has 2 N–H and O–H groups in total. The van der Waals surface area contributed by atoms with Crippen LogP contribution in [0.5, 0.6) is 11.6 Å². The highest BCUT2D eigenvalue weighted by Crippen LogP contribution is 2.35. The number of rotatable bonds is 4. The average molecular weight is 316 g/mol. The minimum Gasteiger partial charge on any atom is -0.437 e. The Kier molecular flexibility index (Phi) is 4.05. The molecule has 3 nitrogen and oxygen atoms in total. The van der Waals surface area contributed by atoms with Crippen LogP contribution in [0.25, 0.3) is 10.9 Å². The molecule has 0 radical (unpaired) electrons. The summed E-state index contributed by atoms with van der Waals surface area (Å²) in [5.41, 5.74) is 7.84. The summed E-state index contributed by atoms with van der Waals surface area (Å²) in [4.78, 5) is 0. The molecular weight excluding hydrogens is 298 g/mol. The van der Waals surface area contributed by atoms with Crippen LogP contribution in [-0.2, 0) is 13.5 Å². The Morgan fingerprint density at radius 2 is 1.91 bits per heavy atom. The molecular formula is C18H18F2N2O. The maximum absolute atomic E-state index is 13.9. The van der Waals surface area contributed by atoms with Crippen molar-refractivity contribution in [3.8, 4) is 11.6 Å².